The fourth-order valence-electron chi connectivity index (χ4n) is 2.19. The molecule has 0 heterocycles. The van der Waals surface area contributed by atoms with E-state index >= 15 is 0 Å². The average molecular weight is 355 g/mol. The molecule has 26 heavy (non-hydrogen) atoms. The SMILES string of the molecule is CCOC(=O)N(C)CCC(=O)c1ccc(OC(=O)c2ccccc2)cc1. The van der Waals surface area contributed by atoms with Crippen molar-refractivity contribution in [1.82, 2.24) is 4.90 Å². The van der Waals surface area contributed by atoms with Crippen molar-refractivity contribution < 1.29 is 23.9 Å². The van der Waals surface area contributed by atoms with Crippen molar-refractivity contribution >= 4 is 17.8 Å². The average Bonchev–Trinajstić information content (AvgIpc) is 2.67. The van der Waals surface area contributed by atoms with Gasteiger partial charge in [-0.2, -0.15) is 0 Å². The Kier molecular flexibility index (Phi) is 6.91. The number of rotatable bonds is 7. The Bertz CT molecular complexity index is 756. The van der Waals surface area contributed by atoms with Crippen LogP contribution in [-0.4, -0.2) is 42.9 Å². The van der Waals surface area contributed by atoms with Gasteiger partial charge in [0.15, 0.2) is 5.78 Å². The number of ether oxygens (including phenoxy) is 2. The minimum atomic E-state index is -0.458. The smallest absolute Gasteiger partial charge is 0.409 e. The molecule has 0 fully saturated rings. The van der Waals surface area contributed by atoms with Crippen LogP contribution in [0.15, 0.2) is 54.6 Å². The predicted molar refractivity (Wildman–Crippen MR) is 96.4 cm³/mol. The zero-order valence-corrected chi connectivity index (χ0v) is 14.8. The standard InChI is InChI=1S/C20H21NO5/c1-3-25-20(24)21(2)14-13-18(22)15-9-11-17(12-10-15)26-19(23)16-7-5-4-6-8-16/h4-12H,3,13-14H2,1-2H3. The summed E-state index contributed by atoms with van der Waals surface area (Å²) in [6.07, 6.45) is -0.276. The van der Waals surface area contributed by atoms with E-state index < -0.39 is 12.1 Å². The van der Waals surface area contributed by atoms with Crippen LogP contribution in [0.2, 0.25) is 0 Å². The van der Waals surface area contributed by atoms with Gasteiger partial charge in [0, 0.05) is 25.6 Å². The molecule has 0 saturated heterocycles. The predicted octanol–water partition coefficient (Wildman–Crippen LogP) is 3.57. The first-order valence-electron chi connectivity index (χ1n) is 8.29. The lowest BCUT2D eigenvalue weighted by Crippen LogP contribution is -2.29. The molecular formula is C20H21NO5. The van der Waals surface area contributed by atoms with Crippen LogP contribution in [0.4, 0.5) is 4.79 Å². The molecule has 0 unspecified atom stereocenters. The zero-order chi connectivity index (χ0) is 18.9. The van der Waals surface area contributed by atoms with E-state index in [1.165, 1.54) is 4.90 Å². The van der Waals surface area contributed by atoms with E-state index in [2.05, 4.69) is 0 Å². The van der Waals surface area contributed by atoms with Crippen molar-refractivity contribution in [1.29, 1.82) is 0 Å². The van der Waals surface area contributed by atoms with Crippen LogP contribution in [-0.2, 0) is 4.74 Å². The summed E-state index contributed by atoms with van der Waals surface area (Å²) in [6.45, 7) is 2.28. The Morgan fingerprint density at radius 3 is 2.19 bits per heavy atom. The van der Waals surface area contributed by atoms with Crippen LogP contribution in [0, 0.1) is 0 Å². The van der Waals surface area contributed by atoms with Crippen LogP contribution in [0.5, 0.6) is 5.75 Å². The van der Waals surface area contributed by atoms with E-state index in [1.807, 2.05) is 6.07 Å². The van der Waals surface area contributed by atoms with Crippen molar-refractivity contribution in [2.24, 2.45) is 0 Å². The van der Waals surface area contributed by atoms with Crippen LogP contribution >= 0.6 is 0 Å². The van der Waals surface area contributed by atoms with E-state index in [4.69, 9.17) is 9.47 Å². The molecule has 6 heteroatoms. The van der Waals surface area contributed by atoms with Gasteiger partial charge in [-0.05, 0) is 43.3 Å². The third kappa shape index (κ3) is 5.44. The van der Waals surface area contributed by atoms with E-state index in [1.54, 1.807) is 62.5 Å². The first kappa shape index (κ1) is 19.2. The monoisotopic (exact) mass is 355 g/mol. The number of amides is 1. The van der Waals surface area contributed by atoms with Gasteiger partial charge in [-0.15, -0.1) is 0 Å². The molecular weight excluding hydrogens is 334 g/mol. The molecule has 2 aromatic rings. The zero-order valence-electron chi connectivity index (χ0n) is 14.8. The number of benzene rings is 2. The molecule has 6 nitrogen and oxygen atoms in total. The molecule has 0 radical (unpaired) electrons. The highest BCUT2D eigenvalue weighted by molar-refractivity contribution is 5.96. The normalized spacial score (nSPS) is 10.1. The van der Waals surface area contributed by atoms with E-state index in [0.717, 1.165) is 0 Å². The van der Waals surface area contributed by atoms with Gasteiger partial charge in [0.25, 0.3) is 0 Å². The van der Waals surface area contributed by atoms with Crippen LogP contribution < -0.4 is 4.74 Å². The summed E-state index contributed by atoms with van der Waals surface area (Å²) >= 11 is 0. The fourth-order valence-corrected chi connectivity index (χ4v) is 2.19. The fraction of sp³-hybridized carbons (Fsp3) is 0.250. The number of nitrogens with zero attached hydrogens (tertiary/aromatic N) is 1. The van der Waals surface area contributed by atoms with Gasteiger partial charge in [0.2, 0.25) is 0 Å². The van der Waals surface area contributed by atoms with Gasteiger partial charge in [-0.3, -0.25) is 4.79 Å². The maximum absolute atomic E-state index is 12.2. The number of hydrogen-bond donors (Lipinski definition) is 0. The third-order valence-electron chi connectivity index (χ3n) is 3.65. The van der Waals surface area contributed by atoms with E-state index in [-0.39, 0.29) is 18.7 Å². The lowest BCUT2D eigenvalue weighted by Gasteiger charge is -2.15. The summed E-state index contributed by atoms with van der Waals surface area (Å²) in [5.74, 6) is -0.207. The summed E-state index contributed by atoms with van der Waals surface area (Å²) in [4.78, 5) is 37.0. The van der Waals surface area contributed by atoms with Crippen molar-refractivity contribution in [3.8, 4) is 5.75 Å². The molecule has 0 aliphatic heterocycles. The van der Waals surface area contributed by atoms with Crippen LogP contribution in [0.3, 0.4) is 0 Å². The molecule has 1 amide bonds. The first-order chi connectivity index (χ1) is 12.5. The topological polar surface area (TPSA) is 72.9 Å². The number of carbonyl (C=O) groups is 3. The summed E-state index contributed by atoms with van der Waals surface area (Å²) in [5.41, 5.74) is 0.941. The highest BCUT2D eigenvalue weighted by Crippen LogP contribution is 2.15. The molecule has 0 bridgehead atoms. The summed E-state index contributed by atoms with van der Waals surface area (Å²) < 4.78 is 10.1. The molecule has 0 saturated carbocycles. The van der Waals surface area contributed by atoms with Crippen LogP contribution in [0.25, 0.3) is 0 Å². The second-order valence-electron chi connectivity index (χ2n) is 5.57. The maximum atomic E-state index is 12.2. The summed E-state index contributed by atoms with van der Waals surface area (Å²) in [6, 6.07) is 15.0. The largest absolute Gasteiger partial charge is 0.450 e. The summed E-state index contributed by atoms with van der Waals surface area (Å²) in [5, 5.41) is 0. The third-order valence-corrected chi connectivity index (χ3v) is 3.65. The van der Waals surface area contributed by atoms with Gasteiger partial charge in [0.05, 0.1) is 12.2 Å². The molecule has 2 aromatic carbocycles. The minimum absolute atomic E-state index is 0.109. The first-order valence-corrected chi connectivity index (χ1v) is 8.29. The molecule has 0 atom stereocenters. The Morgan fingerprint density at radius 2 is 1.58 bits per heavy atom. The van der Waals surface area contributed by atoms with Crippen molar-refractivity contribution in [3.63, 3.8) is 0 Å². The van der Waals surface area contributed by atoms with Crippen LogP contribution in [0.1, 0.15) is 34.1 Å². The van der Waals surface area contributed by atoms with Gasteiger partial charge in [-0.25, -0.2) is 9.59 Å². The Labute approximate surface area is 152 Å². The highest BCUT2D eigenvalue weighted by atomic mass is 16.6. The Balaban J connectivity index is 1.89. The number of esters is 1. The second-order valence-corrected chi connectivity index (χ2v) is 5.57. The minimum Gasteiger partial charge on any atom is -0.450 e. The number of carbonyl (C=O) groups excluding carboxylic acids is 3. The molecule has 0 aliphatic rings. The Morgan fingerprint density at radius 1 is 0.923 bits per heavy atom. The quantitative estimate of drug-likeness (QED) is 0.431. The lowest BCUT2D eigenvalue weighted by atomic mass is 10.1. The Hall–Kier alpha value is -3.15. The number of hydrogen-bond acceptors (Lipinski definition) is 5. The molecule has 0 N–H and O–H groups in total. The second kappa shape index (κ2) is 9.36. The van der Waals surface area contributed by atoms with Crippen molar-refractivity contribution in [2.45, 2.75) is 13.3 Å². The van der Waals surface area contributed by atoms with E-state index in [9.17, 15) is 14.4 Å². The maximum Gasteiger partial charge on any atom is 0.409 e. The van der Waals surface area contributed by atoms with Gasteiger partial charge in [-0.1, -0.05) is 18.2 Å². The summed E-state index contributed by atoms with van der Waals surface area (Å²) in [7, 11) is 1.58. The van der Waals surface area contributed by atoms with Crippen molar-refractivity contribution in [3.05, 3.63) is 65.7 Å². The van der Waals surface area contributed by atoms with E-state index in [0.29, 0.717) is 23.5 Å². The van der Waals surface area contributed by atoms with Crippen molar-refractivity contribution in [2.75, 3.05) is 20.2 Å². The number of ketones is 1. The molecule has 0 aromatic heterocycles. The number of Topliss-reactive ketones (excluding diaryl/α,β-unsaturated/α-hetero) is 1. The highest BCUT2D eigenvalue weighted by Gasteiger charge is 2.13. The van der Waals surface area contributed by atoms with Gasteiger partial charge < -0.3 is 14.4 Å². The molecule has 0 aliphatic carbocycles. The van der Waals surface area contributed by atoms with Gasteiger partial charge in [0.1, 0.15) is 5.75 Å². The molecule has 2 rings (SSSR count). The van der Waals surface area contributed by atoms with Gasteiger partial charge >= 0.3 is 12.1 Å². The lowest BCUT2D eigenvalue weighted by molar-refractivity contribution is 0.0734. The molecule has 0 spiro atoms. The molecule has 136 valence electrons.